The zero-order valence-corrected chi connectivity index (χ0v) is 13.3. The summed E-state index contributed by atoms with van der Waals surface area (Å²) in [6.07, 6.45) is 5.17. The van der Waals surface area contributed by atoms with Gasteiger partial charge in [0.15, 0.2) is 0 Å². The maximum absolute atomic E-state index is 12.1. The number of benzene rings is 1. The van der Waals surface area contributed by atoms with Crippen molar-refractivity contribution in [3.63, 3.8) is 0 Å². The number of nitrogens with zero attached hydrogens (tertiary/aromatic N) is 2. The summed E-state index contributed by atoms with van der Waals surface area (Å²) in [6.45, 7) is 2.91. The van der Waals surface area contributed by atoms with Crippen LogP contribution in [0, 0.1) is 5.92 Å². The molecule has 1 fully saturated rings. The Morgan fingerprint density at radius 1 is 1.36 bits per heavy atom. The second-order valence-corrected chi connectivity index (χ2v) is 6.36. The molecule has 4 nitrogen and oxygen atoms in total. The van der Waals surface area contributed by atoms with Crippen molar-refractivity contribution in [2.45, 2.75) is 51.6 Å². The molecule has 22 heavy (non-hydrogen) atoms. The molecule has 1 saturated heterocycles. The number of ketones is 1. The molecule has 2 unspecified atom stereocenters. The van der Waals surface area contributed by atoms with Gasteiger partial charge in [-0.2, -0.15) is 0 Å². The van der Waals surface area contributed by atoms with Gasteiger partial charge in [0, 0.05) is 25.3 Å². The molecule has 0 aromatic heterocycles. The maximum Gasteiger partial charge on any atom is 0.136 e. The number of para-hydroxylation sites is 1. The van der Waals surface area contributed by atoms with Gasteiger partial charge in [-0.1, -0.05) is 25.1 Å². The lowest BCUT2D eigenvalue weighted by Crippen LogP contribution is -2.52. The summed E-state index contributed by atoms with van der Waals surface area (Å²) in [5.74, 6) is 1.61. The van der Waals surface area contributed by atoms with Gasteiger partial charge in [0.1, 0.15) is 11.6 Å². The highest BCUT2D eigenvalue weighted by Gasteiger charge is 2.31. The first-order chi connectivity index (χ1) is 10.7. The molecule has 1 aromatic rings. The van der Waals surface area contributed by atoms with Crippen molar-refractivity contribution in [3.8, 4) is 0 Å². The van der Waals surface area contributed by atoms with E-state index in [4.69, 9.17) is 10.7 Å². The van der Waals surface area contributed by atoms with E-state index in [9.17, 15) is 4.79 Å². The number of fused-ring (bicyclic) bond motifs is 1. The fourth-order valence-electron chi connectivity index (χ4n) is 3.54. The first kappa shape index (κ1) is 15.2. The summed E-state index contributed by atoms with van der Waals surface area (Å²) >= 11 is 0. The van der Waals surface area contributed by atoms with Crippen molar-refractivity contribution in [1.82, 2.24) is 4.90 Å². The minimum absolute atomic E-state index is 0.0800. The van der Waals surface area contributed by atoms with Gasteiger partial charge >= 0.3 is 0 Å². The summed E-state index contributed by atoms with van der Waals surface area (Å²) in [5.41, 5.74) is 8.73. The van der Waals surface area contributed by atoms with E-state index >= 15 is 0 Å². The first-order valence-corrected chi connectivity index (χ1v) is 8.39. The summed E-state index contributed by atoms with van der Waals surface area (Å²) in [7, 11) is 0. The van der Waals surface area contributed by atoms with Gasteiger partial charge in [0.2, 0.25) is 0 Å². The number of hydrogen-bond donors (Lipinski definition) is 1. The highest BCUT2D eigenvalue weighted by Crippen LogP contribution is 2.29. The van der Waals surface area contributed by atoms with E-state index in [2.05, 4.69) is 30.0 Å². The molecule has 2 aliphatic heterocycles. The summed E-state index contributed by atoms with van der Waals surface area (Å²) < 4.78 is 0. The van der Waals surface area contributed by atoms with Crippen LogP contribution in [0.3, 0.4) is 0 Å². The minimum Gasteiger partial charge on any atom is -0.345 e. The number of rotatable bonds is 3. The third-order valence-corrected chi connectivity index (χ3v) is 4.79. The van der Waals surface area contributed by atoms with E-state index in [1.165, 1.54) is 5.56 Å². The molecule has 2 atom stereocenters. The second-order valence-electron chi connectivity index (χ2n) is 6.36. The van der Waals surface area contributed by atoms with Crippen molar-refractivity contribution in [1.29, 1.82) is 0 Å². The number of amidine groups is 1. The fraction of sp³-hybridized carbons (Fsp3) is 0.556. The zero-order valence-electron chi connectivity index (χ0n) is 13.3. The monoisotopic (exact) mass is 299 g/mol. The number of Topliss-reactive ketones (excluding diaryl/α,β-unsaturated/α-hetero) is 1. The Labute approximate surface area is 132 Å². The molecule has 2 N–H and O–H groups in total. The molecule has 0 spiro atoms. The Morgan fingerprint density at radius 2 is 2.18 bits per heavy atom. The van der Waals surface area contributed by atoms with Gasteiger partial charge in [-0.25, -0.2) is 4.99 Å². The van der Waals surface area contributed by atoms with Crippen LogP contribution in [0.2, 0.25) is 0 Å². The summed E-state index contributed by atoms with van der Waals surface area (Å²) in [5, 5.41) is 0. The molecular weight excluding hydrogens is 274 g/mol. The zero-order chi connectivity index (χ0) is 15.5. The van der Waals surface area contributed by atoms with Crippen LogP contribution >= 0.6 is 0 Å². The largest absolute Gasteiger partial charge is 0.345 e. The Kier molecular flexibility index (Phi) is 4.57. The first-order valence-electron chi connectivity index (χ1n) is 8.39. The summed E-state index contributed by atoms with van der Waals surface area (Å²) in [4.78, 5) is 19.1. The number of nitrogens with two attached hydrogens (primary N) is 1. The predicted molar refractivity (Wildman–Crippen MR) is 89.2 cm³/mol. The van der Waals surface area contributed by atoms with E-state index in [0.29, 0.717) is 12.2 Å². The van der Waals surface area contributed by atoms with Gasteiger partial charge in [-0.15, -0.1) is 0 Å². The Balaban J connectivity index is 1.70. The highest BCUT2D eigenvalue weighted by molar-refractivity contribution is 5.88. The van der Waals surface area contributed by atoms with Crippen molar-refractivity contribution < 1.29 is 4.79 Å². The third-order valence-electron chi connectivity index (χ3n) is 4.79. The van der Waals surface area contributed by atoms with Gasteiger partial charge in [0.05, 0.1) is 11.9 Å². The number of hydrogen-bond acceptors (Lipinski definition) is 4. The van der Waals surface area contributed by atoms with Gasteiger partial charge in [-0.05, 0) is 37.3 Å². The molecular formula is C18H25N3O. The number of aryl methyl sites for hydroxylation is 1. The Hall–Kier alpha value is -1.68. The topological polar surface area (TPSA) is 58.7 Å². The van der Waals surface area contributed by atoms with E-state index < -0.39 is 0 Å². The SMILES string of the molecule is CCCC(=O)C1CCN(C2=Nc3ccccc3CC2)C(N)C1. The van der Waals surface area contributed by atoms with Crippen LogP contribution in [-0.2, 0) is 11.2 Å². The number of carbonyl (C=O) groups is 1. The van der Waals surface area contributed by atoms with Crippen LogP contribution in [0.25, 0.3) is 0 Å². The molecule has 2 heterocycles. The van der Waals surface area contributed by atoms with Crippen LogP contribution in [0.1, 0.15) is 44.6 Å². The third kappa shape index (κ3) is 3.07. The van der Waals surface area contributed by atoms with Crippen LogP contribution in [0.5, 0.6) is 0 Å². The number of carbonyl (C=O) groups excluding carboxylic acids is 1. The molecule has 3 rings (SSSR count). The molecule has 118 valence electrons. The smallest absolute Gasteiger partial charge is 0.136 e. The van der Waals surface area contributed by atoms with E-state index in [-0.39, 0.29) is 12.1 Å². The molecule has 1 aromatic carbocycles. The van der Waals surface area contributed by atoms with Crippen molar-refractivity contribution in [2.24, 2.45) is 16.6 Å². The van der Waals surface area contributed by atoms with E-state index in [0.717, 1.165) is 50.2 Å². The van der Waals surface area contributed by atoms with Crippen LogP contribution in [0.15, 0.2) is 29.3 Å². The van der Waals surface area contributed by atoms with E-state index in [1.54, 1.807) is 0 Å². The van der Waals surface area contributed by atoms with Crippen molar-refractivity contribution in [3.05, 3.63) is 29.8 Å². The minimum atomic E-state index is -0.0800. The van der Waals surface area contributed by atoms with E-state index in [1.807, 2.05) is 6.07 Å². The fourth-order valence-corrected chi connectivity index (χ4v) is 3.54. The lowest BCUT2D eigenvalue weighted by atomic mass is 9.88. The molecule has 2 aliphatic rings. The predicted octanol–water partition coefficient (Wildman–Crippen LogP) is 3.03. The Bertz CT molecular complexity index is 581. The average molecular weight is 299 g/mol. The van der Waals surface area contributed by atoms with Gasteiger partial charge in [-0.3, -0.25) is 4.79 Å². The second kappa shape index (κ2) is 6.61. The highest BCUT2D eigenvalue weighted by atomic mass is 16.1. The molecule has 0 saturated carbocycles. The lowest BCUT2D eigenvalue weighted by molar-refractivity contribution is -0.124. The van der Waals surface area contributed by atoms with Crippen LogP contribution < -0.4 is 5.73 Å². The quantitative estimate of drug-likeness (QED) is 0.933. The molecule has 0 amide bonds. The lowest BCUT2D eigenvalue weighted by Gasteiger charge is -2.39. The van der Waals surface area contributed by atoms with Crippen LogP contribution in [0.4, 0.5) is 5.69 Å². The van der Waals surface area contributed by atoms with Crippen molar-refractivity contribution in [2.75, 3.05) is 6.54 Å². The standard InChI is InChI=1S/C18H25N3O/c1-2-5-16(22)14-10-11-21(17(19)12-14)18-9-8-13-6-3-4-7-15(13)20-18/h3-4,6-7,14,17H,2,5,8-12,19H2,1H3. The van der Waals surface area contributed by atoms with Crippen molar-refractivity contribution >= 4 is 17.3 Å². The molecule has 4 heteroatoms. The normalized spacial score (nSPS) is 24.6. The number of likely N-dealkylation sites (tertiary alicyclic amines) is 1. The number of aliphatic imine (C=N–C) groups is 1. The maximum atomic E-state index is 12.1. The Morgan fingerprint density at radius 3 is 2.95 bits per heavy atom. The van der Waals surface area contributed by atoms with Crippen LogP contribution in [-0.4, -0.2) is 29.2 Å². The average Bonchev–Trinajstić information content (AvgIpc) is 2.54. The van der Waals surface area contributed by atoms with Gasteiger partial charge in [0.25, 0.3) is 0 Å². The molecule has 0 bridgehead atoms. The number of piperidine rings is 1. The molecule has 0 radical (unpaired) electrons. The summed E-state index contributed by atoms with van der Waals surface area (Å²) in [6, 6.07) is 8.31. The molecule has 0 aliphatic carbocycles. The van der Waals surface area contributed by atoms with Gasteiger partial charge < -0.3 is 10.6 Å².